The van der Waals surface area contributed by atoms with Gasteiger partial charge >= 0.3 is 0 Å². The van der Waals surface area contributed by atoms with Gasteiger partial charge in [-0.15, -0.1) is 0 Å². The molecule has 0 saturated heterocycles. The Bertz CT molecular complexity index is 4770. The molecule has 0 unspecified atom stereocenters. The summed E-state index contributed by atoms with van der Waals surface area (Å²) in [4.78, 5) is 0. The van der Waals surface area contributed by atoms with E-state index in [4.69, 9.17) is 66.3 Å². The van der Waals surface area contributed by atoms with Crippen molar-refractivity contribution in [3.05, 3.63) is 454 Å². The normalized spacial score (nSPS) is 10.9. The monoisotopic (exact) mass is 1650 g/mol. The lowest BCUT2D eigenvalue weighted by Crippen LogP contribution is -2.04. The van der Waals surface area contributed by atoms with Crippen molar-refractivity contribution < 1.29 is 66.3 Å². The molecule has 602 valence electrons. The fraction of sp³-hybridized carbons (Fsp3) is 0.143. The van der Waals surface area contributed by atoms with Crippen LogP contribution in [0.5, 0.6) is 80.5 Å². The summed E-state index contributed by atoms with van der Waals surface area (Å²) in [7, 11) is 0. The third-order valence-corrected chi connectivity index (χ3v) is 19.8. The van der Waals surface area contributed by atoms with Crippen LogP contribution in [0.1, 0.15) is 83.5 Å². The van der Waals surface area contributed by atoms with E-state index in [0.717, 1.165) is 83.5 Å². The zero-order chi connectivity index (χ0) is 81.4. The lowest BCUT2D eigenvalue weighted by molar-refractivity contribution is 0.270. The van der Waals surface area contributed by atoms with E-state index in [1.807, 2.05) is 370 Å². The van der Waals surface area contributed by atoms with E-state index in [-0.39, 0.29) is 39.6 Å². The number of benzene rings is 15. The van der Waals surface area contributed by atoms with Gasteiger partial charge in [-0.3, -0.25) is 0 Å². The molecular weight excluding hydrogens is 1570 g/mol. The first kappa shape index (κ1) is 81.1. The fourth-order valence-electron chi connectivity index (χ4n) is 13.1. The van der Waals surface area contributed by atoms with Crippen molar-refractivity contribution in [3.63, 3.8) is 0 Å². The Morgan fingerprint density at radius 3 is 0.325 bits per heavy atom. The van der Waals surface area contributed by atoms with Crippen molar-refractivity contribution in [2.24, 2.45) is 0 Å². The largest absolute Gasteiger partial charge is 0.489 e. The quantitative estimate of drug-likeness (QED) is 0.0336. The highest BCUT2D eigenvalue weighted by atomic mass is 79.9. The lowest BCUT2D eigenvalue weighted by atomic mass is 10.1. The average molecular weight is 1660 g/mol. The molecule has 14 nitrogen and oxygen atoms in total. The lowest BCUT2D eigenvalue weighted by Gasteiger charge is -2.17. The van der Waals surface area contributed by atoms with Crippen molar-refractivity contribution in [2.75, 3.05) is 0 Å². The van der Waals surface area contributed by atoms with Gasteiger partial charge in [0.15, 0.2) is 0 Å². The first-order valence-corrected chi connectivity index (χ1v) is 41.0. The molecule has 0 bridgehead atoms. The zero-order valence-corrected chi connectivity index (χ0v) is 68.0. The van der Waals surface area contributed by atoms with Crippen LogP contribution in [0.15, 0.2) is 370 Å². The van der Waals surface area contributed by atoms with Gasteiger partial charge in [0, 0.05) is 47.8 Å². The second-order valence-corrected chi connectivity index (χ2v) is 29.3. The molecule has 15 aromatic rings. The topological polar surface area (TPSA) is 129 Å². The predicted octanol–water partition coefficient (Wildman–Crippen LogP) is 24.7. The van der Waals surface area contributed by atoms with Gasteiger partial charge in [0.2, 0.25) is 0 Å². The van der Waals surface area contributed by atoms with Crippen molar-refractivity contribution in [2.45, 2.75) is 97.8 Å². The van der Waals surface area contributed by atoms with Crippen LogP contribution in [0.2, 0.25) is 0 Å². The maximum Gasteiger partial charge on any atom is 0.123 e. The first-order valence-electron chi connectivity index (χ1n) is 39.9. The number of alkyl halides is 1. The van der Waals surface area contributed by atoms with Crippen molar-refractivity contribution in [1.82, 2.24) is 0 Å². The van der Waals surface area contributed by atoms with E-state index in [1.165, 1.54) is 0 Å². The molecule has 0 fully saturated rings. The predicted molar refractivity (Wildman–Crippen MR) is 470 cm³/mol. The molecule has 0 saturated carbocycles. The van der Waals surface area contributed by atoms with Crippen molar-refractivity contribution >= 4 is 15.9 Å². The summed E-state index contributed by atoms with van der Waals surface area (Å²) >= 11 is 3.75. The standard InChI is InChI=1S/C105H91BrO14/c106-62-85-41-92(115-71-90-51-102(117-73-86-43-94(107-63-77-25-9-1-10-26-77)56-95(44-86)108-64-78-27-11-2-12-28-78)60-103(52-90)118-74-87-45-96(109-65-79-29-13-3-14-30-79)57-97(46-87)110-66-80-31-15-4-16-32-80)55-93(42-85)116-72-91-53-104(119-75-88-47-98(111-67-81-33-17-5-18-34-81)58-99(48-88)112-68-82-35-19-6-20-36-82)61-105(54-91)120-76-89-49-100(113-69-83-37-21-7-22-38-83)59-101(50-89)114-70-84-39-23-8-24-40-84/h1-61H,62-76H2. The van der Waals surface area contributed by atoms with Crippen LogP contribution in [0.3, 0.4) is 0 Å². The van der Waals surface area contributed by atoms with Crippen molar-refractivity contribution in [3.8, 4) is 80.5 Å². The highest BCUT2D eigenvalue weighted by molar-refractivity contribution is 9.08. The van der Waals surface area contributed by atoms with Gasteiger partial charge in [0.05, 0.1) is 0 Å². The molecule has 15 aromatic carbocycles. The fourth-order valence-corrected chi connectivity index (χ4v) is 13.4. The SMILES string of the molecule is BrCc1cc(OCc2cc(OCc3cc(OCc4ccccc4)cc(OCc4ccccc4)c3)cc(OCc3cc(OCc4ccccc4)cc(OCc4ccccc4)c3)c2)cc(OCc2cc(OCc3cc(OCc4ccccc4)cc(OCc4ccccc4)c3)cc(OCc3cc(OCc4ccccc4)cc(OCc4ccccc4)c3)c2)c1. The Balaban J connectivity index is 0.697. The second-order valence-electron chi connectivity index (χ2n) is 28.7. The number of rotatable bonds is 43. The Morgan fingerprint density at radius 2 is 0.217 bits per heavy atom. The van der Waals surface area contributed by atoms with Gasteiger partial charge in [0.25, 0.3) is 0 Å². The Hall–Kier alpha value is -14.0. The van der Waals surface area contributed by atoms with E-state index >= 15 is 0 Å². The van der Waals surface area contributed by atoms with E-state index in [1.54, 1.807) is 0 Å². The van der Waals surface area contributed by atoms with Gasteiger partial charge in [-0.25, -0.2) is 0 Å². The number of hydrogen-bond donors (Lipinski definition) is 0. The zero-order valence-electron chi connectivity index (χ0n) is 66.4. The van der Waals surface area contributed by atoms with Crippen LogP contribution in [-0.4, -0.2) is 0 Å². The Morgan fingerprint density at radius 1 is 0.117 bits per heavy atom. The molecule has 0 aliphatic heterocycles. The van der Waals surface area contributed by atoms with E-state index in [0.29, 0.717) is 139 Å². The van der Waals surface area contributed by atoms with E-state index in [9.17, 15) is 0 Å². The van der Waals surface area contributed by atoms with Crippen LogP contribution >= 0.6 is 15.9 Å². The summed E-state index contributed by atoms with van der Waals surface area (Å²) in [6.45, 7) is 3.92. The molecule has 0 atom stereocenters. The first-order chi connectivity index (χ1) is 59.2. The third-order valence-electron chi connectivity index (χ3n) is 19.2. The molecule has 0 spiro atoms. The smallest absolute Gasteiger partial charge is 0.123 e. The Labute approximate surface area is 709 Å². The Kier molecular flexibility index (Phi) is 28.9. The highest BCUT2D eigenvalue weighted by Gasteiger charge is 2.17. The molecule has 0 heterocycles. The third kappa shape index (κ3) is 26.0. The minimum absolute atomic E-state index is 0.130. The maximum atomic E-state index is 6.80. The summed E-state index contributed by atoms with van der Waals surface area (Å²) in [6, 6.07) is 122. The van der Waals surface area contributed by atoms with Gasteiger partial charge in [-0.1, -0.05) is 259 Å². The highest BCUT2D eigenvalue weighted by Crippen LogP contribution is 2.36. The number of hydrogen-bond acceptors (Lipinski definition) is 14. The molecule has 0 aromatic heterocycles. The van der Waals surface area contributed by atoms with Crippen LogP contribution < -0.4 is 66.3 Å². The van der Waals surface area contributed by atoms with Crippen LogP contribution in [0, 0.1) is 0 Å². The molecule has 0 amide bonds. The summed E-state index contributed by atoms with van der Waals surface area (Å²) < 4.78 is 92.1. The summed E-state index contributed by atoms with van der Waals surface area (Å²) in [6.07, 6.45) is 0. The molecule has 0 radical (unpaired) electrons. The molecule has 0 N–H and O–H groups in total. The van der Waals surface area contributed by atoms with E-state index in [2.05, 4.69) is 15.9 Å². The van der Waals surface area contributed by atoms with Crippen LogP contribution in [-0.2, 0) is 97.8 Å². The second kappa shape index (κ2) is 42.7. The van der Waals surface area contributed by atoms with E-state index < -0.39 is 0 Å². The molecular formula is C105H91BrO14. The maximum absolute atomic E-state index is 6.80. The molecule has 15 heteroatoms. The molecule has 120 heavy (non-hydrogen) atoms. The van der Waals surface area contributed by atoms with Crippen molar-refractivity contribution in [1.29, 1.82) is 0 Å². The van der Waals surface area contributed by atoms with Gasteiger partial charge in [0.1, 0.15) is 173 Å². The molecule has 0 aliphatic carbocycles. The number of ether oxygens (including phenoxy) is 14. The summed E-state index contributed by atoms with van der Waals surface area (Å²) in [5.41, 5.74) is 14.1. The van der Waals surface area contributed by atoms with Gasteiger partial charge in [-0.2, -0.15) is 0 Å². The van der Waals surface area contributed by atoms with Gasteiger partial charge < -0.3 is 66.3 Å². The molecule has 0 aliphatic rings. The van der Waals surface area contributed by atoms with Crippen LogP contribution in [0.4, 0.5) is 0 Å². The minimum atomic E-state index is 0.130. The summed E-state index contributed by atoms with van der Waals surface area (Å²) in [5, 5.41) is 0.521. The number of halogens is 1. The average Bonchev–Trinajstić information content (AvgIpc) is 0.847. The molecule has 15 rings (SSSR count). The van der Waals surface area contributed by atoms with Crippen LogP contribution in [0.25, 0.3) is 0 Å². The van der Waals surface area contributed by atoms with Gasteiger partial charge in [-0.05, 0) is 168 Å². The summed E-state index contributed by atoms with van der Waals surface area (Å²) in [5.74, 6) is 8.49. The minimum Gasteiger partial charge on any atom is -0.489 e.